The van der Waals surface area contributed by atoms with Crippen LogP contribution in [0.5, 0.6) is 0 Å². The predicted molar refractivity (Wildman–Crippen MR) is 114 cm³/mol. The molecule has 0 fully saturated rings. The number of hydrogen-bond acceptors (Lipinski definition) is 6. The predicted octanol–water partition coefficient (Wildman–Crippen LogP) is 1.68. The van der Waals surface area contributed by atoms with Crippen molar-refractivity contribution in [1.29, 1.82) is 0 Å². The largest absolute Gasteiger partial charge is 0.407 e. The van der Waals surface area contributed by atoms with E-state index in [-0.39, 0.29) is 11.3 Å². The molecule has 0 aromatic carbocycles. The second-order valence-corrected chi connectivity index (χ2v) is 7.14. The Morgan fingerprint density at radius 2 is 0.733 bits per heavy atom. The summed E-state index contributed by atoms with van der Waals surface area (Å²) in [5, 5.41) is 0. The van der Waals surface area contributed by atoms with Crippen molar-refractivity contribution >= 4 is 11.3 Å². The van der Waals surface area contributed by atoms with Gasteiger partial charge >= 0.3 is 11.4 Å². The summed E-state index contributed by atoms with van der Waals surface area (Å²) in [5.41, 5.74) is -0.726. The van der Waals surface area contributed by atoms with E-state index in [0.29, 0.717) is 26.4 Å². The van der Waals surface area contributed by atoms with Gasteiger partial charge in [-0.05, 0) is 25.7 Å². The number of imidazole rings is 2. The van der Waals surface area contributed by atoms with Crippen molar-refractivity contribution in [1.82, 2.24) is 18.9 Å². The standard InChI is InChI=1S/C20H36N4O6/c1-5-9-13-27-21-17-18(23(19(21)25)29-15-11-7-3)24(30-16-12-8-4)20(26)22(17)28-14-10-6-2/h5-16H2,1-4H3. The highest BCUT2D eigenvalue weighted by molar-refractivity contribution is 5.67. The molecule has 0 aliphatic heterocycles. The van der Waals surface area contributed by atoms with Gasteiger partial charge in [0.15, 0.2) is 0 Å². The zero-order valence-electron chi connectivity index (χ0n) is 18.7. The molecule has 0 aliphatic carbocycles. The summed E-state index contributed by atoms with van der Waals surface area (Å²) < 4.78 is 4.29. The van der Waals surface area contributed by atoms with E-state index in [2.05, 4.69) is 0 Å². The highest BCUT2D eigenvalue weighted by atomic mass is 16.7. The molecule has 0 N–H and O–H groups in total. The Kier molecular flexibility index (Phi) is 9.69. The second-order valence-electron chi connectivity index (χ2n) is 7.14. The average Bonchev–Trinajstić information content (AvgIpc) is 3.15. The third-order valence-electron chi connectivity index (χ3n) is 4.54. The molecule has 10 nitrogen and oxygen atoms in total. The maximum atomic E-state index is 13.0. The number of rotatable bonds is 16. The maximum Gasteiger partial charge on any atom is 0.398 e. The van der Waals surface area contributed by atoms with Gasteiger partial charge in [-0.3, -0.25) is 0 Å². The van der Waals surface area contributed by atoms with E-state index < -0.39 is 11.4 Å². The van der Waals surface area contributed by atoms with E-state index in [9.17, 15) is 9.59 Å². The van der Waals surface area contributed by atoms with Crippen LogP contribution < -0.4 is 30.7 Å². The third kappa shape index (κ3) is 5.34. The van der Waals surface area contributed by atoms with Crippen LogP contribution in [0.25, 0.3) is 11.3 Å². The first-order chi connectivity index (χ1) is 14.6. The van der Waals surface area contributed by atoms with Crippen LogP contribution in [0, 0.1) is 0 Å². The van der Waals surface area contributed by atoms with Crippen LogP contribution in [0.4, 0.5) is 0 Å². The molecule has 0 atom stereocenters. The Labute approximate surface area is 176 Å². The molecule has 172 valence electrons. The van der Waals surface area contributed by atoms with Gasteiger partial charge in [-0.25, -0.2) is 9.59 Å². The van der Waals surface area contributed by atoms with E-state index in [1.54, 1.807) is 0 Å². The van der Waals surface area contributed by atoms with Gasteiger partial charge in [0.2, 0.25) is 11.3 Å². The van der Waals surface area contributed by atoms with Gasteiger partial charge in [0.05, 0.1) is 0 Å². The molecule has 2 heterocycles. The smallest absolute Gasteiger partial charge is 0.398 e. The summed E-state index contributed by atoms with van der Waals surface area (Å²) in [6.07, 6.45) is 6.71. The number of unbranched alkanes of at least 4 members (excludes halogenated alkanes) is 4. The molecule has 2 aromatic heterocycles. The molecule has 0 amide bonds. The van der Waals surface area contributed by atoms with Gasteiger partial charge in [0.25, 0.3) is 0 Å². The first-order valence-electron chi connectivity index (χ1n) is 11.2. The summed E-state index contributed by atoms with van der Waals surface area (Å²) in [7, 11) is 0. The van der Waals surface area contributed by atoms with Crippen molar-refractivity contribution in [2.24, 2.45) is 0 Å². The molecule has 30 heavy (non-hydrogen) atoms. The molecule has 0 spiro atoms. The summed E-state index contributed by atoms with van der Waals surface area (Å²) >= 11 is 0. The van der Waals surface area contributed by atoms with Crippen LogP contribution in [0.2, 0.25) is 0 Å². The van der Waals surface area contributed by atoms with E-state index in [0.717, 1.165) is 70.3 Å². The lowest BCUT2D eigenvalue weighted by atomic mass is 10.4. The average molecular weight is 429 g/mol. The fourth-order valence-corrected chi connectivity index (χ4v) is 2.72. The highest BCUT2D eigenvalue weighted by Gasteiger charge is 2.29. The lowest BCUT2D eigenvalue weighted by molar-refractivity contribution is 0.0399. The minimum atomic E-state index is -0.534. The van der Waals surface area contributed by atoms with Crippen LogP contribution in [0.15, 0.2) is 9.59 Å². The van der Waals surface area contributed by atoms with Gasteiger partial charge in [-0.1, -0.05) is 53.4 Å². The number of hydrogen-bond donors (Lipinski definition) is 0. The van der Waals surface area contributed by atoms with Gasteiger partial charge in [-0.2, -0.15) is 0 Å². The monoisotopic (exact) mass is 428 g/mol. The molecule has 10 heteroatoms. The summed E-state index contributed by atoms with van der Waals surface area (Å²) in [4.78, 5) is 49.0. The van der Waals surface area contributed by atoms with E-state index in [4.69, 9.17) is 19.4 Å². The molecule has 2 aromatic rings. The fraction of sp³-hybridized carbons (Fsp3) is 0.800. The maximum absolute atomic E-state index is 13.0. The summed E-state index contributed by atoms with van der Waals surface area (Å²) in [5.74, 6) is 0. The molecular formula is C20H36N4O6. The molecule has 0 unspecified atom stereocenters. The van der Waals surface area contributed by atoms with Crippen molar-refractivity contribution in [2.75, 3.05) is 26.4 Å². The first-order valence-corrected chi connectivity index (χ1v) is 11.2. The van der Waals surface area contributed by atoms with Crippen molar-refractivity contribution in [3.63, 3.8) is 0 Å². The van der Waals surface area contributed by atoms with Crippen LogP contribution in [0.3, 0.4) is 0 Å². The molecule has 0 saturated carbocycles. The first kappa shape index (κ1) is 23.8. The normalized spacial score (nSPS) is 11.2. The van der Waals surface area contributed by atoms with Gasteiger partial charge in [0.1, 0.15) is 26.4 Å². The van der Waals surface area contributed by atoms with Crippen LogP contribution in [-0.2, 0) is 0 Å². The van der Waals surface area contributed by atoms with Crippen molar-refractivity contribution in [3.05, 3.63) is 21.0 Å². The van der Waals surface area contributed by atoms with Crippen LogP contribution >= 0.6 is 0 Å². The molecule has 0 radical (unpaired) electrons. The zero-order chi connectivity index (χ0) is 21.9. The molecule has 0 bridgehead atoms. The SMILES string of the molecule is CCCCOn1c(=O)n(OCCCC)c2c1n(OCCCC)c(=O)n2OCCCC. The third-order valence-corrected chi connectivity index (χ3v) is 4.54. The lowest BCUT2D eigenvalue weighted by Crippen LogP contribution is -2.39. The van der Waals surface area contributed by atoms with Crippen molar-refractivity contribution in [3.8, 4) is 0 Å². The number of aromatic nitrogens is 4. The molecular weight excluding hydrogens is 392 g/mol. The topological polar surface area (TPSA) is 90.8 Å². The fourth-order valence-electron chi connectivity index (χ4n) is 2.72. The van der Waals surface area contributed by atoms with Gasteiger partial charge < -0.3 is 19.4 Å². The van der Waals surface area contributed by atoms with Crippen molar-refractivity contribution in [2.45, 2.75) is 79.1 Å². The quantitative estimate of drug-likeness (QED) is 0.378. The Bertz CT molecular complexity index is 746. The lowest BCUT2D eigenvalue weighted by Gasteiger charge is -2.10. The van der Waals surface area contributed by atoms with Crippen molar-refractivity contribution < 1.29 is 19.4 Å². The van der Waals surface area contributed by atoms with E-state index in [1.165, 1.54) is 0 Å². The molecule has 0 saturated heterocycles. The Morgan fingerprint density at radius 1 is 0.500 bits per heavy atom. The Hall–Kier alpha value is -2.52. The van der Waals surface area contributed by atoms with Gasteiger partial charge in [-0.15, -0.1) is 18.9 Å². The van der Waals surface area contributed by atoms with Crippen LogP contribution in [-0.4, -0.2) is 45.3 Å². The summed E-state index contributed by atoms with van der Waals surface area (Å²) in [6, 6.07) is 0. The van der Waals surface area contributed by atoms with Gasteiger partial charge in [0, 0.05) is 0 Å². The van der Waals surface area contributed by atoms with E-state index >= 15 is 0 Å². The zero-order valence-corrected chi connectivity index (χ0v) is 18.7. The minimum absolute atomic E-state index is 0.171. The minimum Gasteiger partial charge on any atom is -0.407 e. The Balaban J connectivity index is 2.60. The molecule has 2 rings (SSSR count). The highest BCUT2D eigenvalue weighted by Crippen LogP contribution is 2.10. The number of fused-ring (bicyclic) bond motifs is 1. The van der Waals surface area contributed by atoms with Crippen LogP contribution in [0.1, 0.15) is 79.1 Å². The summed E-state index contributed by atoms with van der Waals surface area (Å²) in [6.45, 7) is 9.44. The second kappa shape index (κ2) is 12.2. The number of nitrogens with zero attached hydrogens (tertiary/aromatic N) is 4. The molecule has 0 aliphatic rings. The van der Waals surface area contributed by atoms with E-state index in [1.807, 2.05) is 27.7 Å². The Morgan fingerprint density at radius 3 is 0.933 bits per heavy atom.